The molecule has 0 aliphatic carbocycles. The van der Waals surface area contributed by atoms with Crippen molar-refractivity contribution in [3.63, 3.8) is 0 Å². The number of hydrogen-bond acceptors (Lipinski definition) is 4. The molecule has 2 aromatic carbocycles. The minimum Gasteiger partial charge on any atom is -0.507 e. The Morgan fingerprint density at radius 3 is 2.70 bits per heavy atom. The van der Waals surface area contributed by atoms with Gasteiger partial charge in [0.2, 0.25) is 0 Å². The van der Waals surface area contributed by atoms with Crippen molar-refractivity contribution in [1.29, 1.82) is 0 Å². The highest BCUT2D eigenvalue weighted by molar-refractivity contribution is 5.55. The van der Waals surface area contributed by atoms with Gasteiger partial charge in [0.25, 0.3) is 5.56 Å². The number of para-hydroxylation sites is 1. The third-order valence-corrected chi connectivity index (χ3v) is 5.19. The maximum Gasteiger partial charge on any atom is 0.254 e. The van der Waals surface area contributed by atoms with E-state index in [9.17, 15) is 9.90 Å². The van der Waals surface area contributed by atoms with Crippen molar-refractivity contribution < 1.29 is 5.11 Å². The first-order valence-corrected chi connectivity index (χ1v) is 9.20. The van der Waals surface area contributed by atoms with Crippen LogP contribution < -0.4 is 5.56 Å². The number of fused-ring (bicyclic) bond motifs is 1. The monoisotopic (exact) mass is 361 g/mol. The maximum absolute atomic E-state index is 12.5. The third kappa shape index (κ3) is 3.51. The maximum atomic E-state index is 12.5. The molecule has 4 rings (SSSR count). The average molecular weight is 361 g/mol. The van der Waals surface area contributed by atoms with E-state index in [0.717, 1.165) is 34.5 Å². The lowest BCUT2D eigenvalue weighted by Gasteiger charge is -2.28. The highest BCUT2D eigenvalue weighted by Gasteiger charge is 2.22. The molecule has 27 heavy (non-hydrogen) atoms. The van der Waals surface area contributed by atoms with Crippen LogP contribution in [0.15, 0.2) is 47.3 Å². The minimum atomic E-state index is -0.0476. The predicted molar refractivity (Wildman–Crippen MR) is 106 cm³/mol. The first-order chi connectivity index (χ1) is 13.0. The van der Waals surface area contributed by atoms with Gasteiger partial charge < -0.3 is 10.1 Å². The van der Waals surface area contributed by atoms with Gasteiger partial charge in [-0.3, -0.25) is 9.69 Å². The average Bonchev–Trinajstić information content (AvgIpc) is 2.66. The van der Waals surface area contributed by atoms with Crippen molar-refractivity contribution in [2.45, 2.75) is 33.4 Å². The first kappa shape index (κ1) is 17.5. The molecule has 0 saturated heterocycles. The van der Waals surface area contributed by atoms with Gasteiger partial charge in [0, 0.05) is 36.3 Å². The van der Waals surface area contributed by atoms with Gasteiger partial charge in [0.05, 0.1) is 5.69 Å². The second-order valence-corrected chi connectivity index (χ2v) is 7.25. The van der Waals surface area contributed by atoms with E-state index in [1.165, 1.54) is 5.56 Å². The summed E-state index contributed by atoms with van der Waals surface area (Å²) in [5.74, 6) is 0.960. The number of aryl methyl sites for hydroxylation is 2. The van der Waals surface area contributed by atoms with E-state index in [0.29, 0.717) is 31.1 Å². The standard InChI is InChI=1S/C22H23N3O2/c1-14-6-8-16(9-7-14)21-23-19-13-25(11-10-18(19)22(27)24-21)12-17-5-3-4-15(2)20(17)26/h3-9,26H,10-13H2,1-2H3,(H,23,24,27). The number of aromatic hydroxyl groups is 1. The largest absolute Gasteiger partial charge is 0.507 e. The second kappa shape index (κ2) is 7.00. The number of phenolic OH excluding ortho intramolecular Hbond substituents is 1. The summed E-state index contributed by atoms with van der Waals surface area (Å²) in [5, 5.41) is 10.3. The molecule has 5 nitrogen and oxygen atoms in total. The van der Waals surface area contributed by atoms with Crippen LogP contribution in [-0.4, -0.2) is 26.5 Å². The first-order valence-electron chi connectivity index (χ1n) is 9.20. The molecule has 2 heterocycles. The lowest BCUT2D eigenvalue weighted by atomic mass is 10.0. The summed E-state index contributed by atoms with van der Waals surface area (Å²) in [6.07, 6.45) is 0.665. The molecule has 138 valence electrons. The van der Waals surface area contributed by atoms with E-state index in [2.05, 4.69) is 9.88 Å². The van der Waals surface area contributed by atoms with Crippen molar-refractivity contribution in [3.8, 4) is 17.1 Å². The Hall–Kier alpha value is -2.92. The summed E-state index contributed by atoms with van der Waals surface area (Å²) in [5.41, 5.74) is 5.41. The van der Waals surface area contributed by atoms with Crippen molar-refractivity contribution in [1.82, 2.24) is 14.9 Å². The third-order valence-electron chi connectivity index (χ3n) is 5.19. The van der Waals surface area contributed by atoms with Crippen LogP contribution in [0.4, 0.5) is 0 Å². The number of benzene rings is 2. The molecule has 1 aliphatic heterocycles. The zero-order chi connectivity index (χ0) is 19.0. The molecule has 0 radical (unpaired) electrons. The summed E-state index contributed by atoms with van der Waals surface area (Å²) >= 11 is 0. The molecule has 0 amide bonds. The molecule has 0 unspecified atom stereocenters. The van der Waals surface area contributed by atoms with Gasteiger partial charge in [-0.1, -0.05) is 48.0 Å². The van der Waals surface area contributed by atoms with Crippen LogP contribution in [0.25, 0.3) is 11.4 Å². The van der Waals surface area contributed by atoms with Gasteiger partial charge in [-0.15, -0.1) is 0 Å². The summed E-state index contributed by atoms with van der Waals surface area (Å²) in [4.78, 5) is 22.4. The van der Waals surface area contributed by atoms with Crippen LogP contribution in [0, 0.1) is 13.8 Å². The van der Waals surface area contributed by atoms with Crippen molar-refractivity contribution >= 4 is 0 Å². The normalized spacial score (nSPS) is 14.1. The fourth-order valence-electron chi connectivity index (χ4n) is 3.57. The van der Waals surface area contributed by atoms with Crippen LogP contribution in [0.2, 0.25) is 0 Å². The number of aromatic amines is 1. The smallest absolute Gasteiger partial charge is 0.254 e. The molecule has 0 atom stereocenters. The van der Waals surface area contributed by atoms with E-state index < -0.39 is 0 Å². The summed E-state index contributed by atoms with van der Waals surface area (Å²) in [6.45, 7) is 5.95. The quantitative estimate of drug-likeness (QED) is 0.751. The zero-order valence-corrected chi connectivity index (χ0v) is 15.6. The Labute approximate surface area is 158 Å². The van der Waals surface area contributed by atoms with Crippen molar-refractivity contribution in [2.75, 3.05) is 6.54 Å². The Morgan fingerprint density at radius 1 is 1.15 bits per heavy atom. The highest BCUT2D eigenvalue weighted by atomic mass is 16.3. The molecule has 0 fully saturated rings. The van der Waals surface area contributed by atoms with E-state index >= 15 is 0 Å². The summed E-state index contributed by atoms with van der Waals surface area (Å²) in [6, 6.07) is 13.8. The Bertz CT molecular complexity index is 1040. The number of hydrogen-bond donors (Lipinski definition) is 2. The number of nitrogens with one attached hydrogen (secondary N) is 1. The summed E-state index contributed by atoms with van der Waals surface area (Å²) in [7, 11) is 0. The van der Waals surface area contributed by atoms with Gasteiger partial charge in [0.15, 0.2) is 0 Å². The second-order valence-electron chi connectivity index (χ2n) is 7.25. The lowest BCUT2D eigenvalue weighted by molar-refractivity contribution is 0.237. The van der Waals surface area contributed by atoms with Gasteiger partial charge >= 0.3 is 0 Å². The Kier molecular flexibility index (Phi) is 4.54. The van der Waals surface area contributed by atoms with Crippen LogP contribution in [-0.2, 0) is 19.5 Å². The number of rotatable bonds is 3. The van der Waals surface area contributed by atoms with Gasteiger partial charge in [-0.25, -0.2) is 4.98 Å². The van der Waals surface area contributed by atoms with Crippen LogP contribution in [0.1, 0.15) is 27.9 Å². The molecule has 2 N–H and O–H groups in total. The Balaban J connectivity index is 1.62. The molecule has 1 aliphatic rings. The van der Waals surface area contributed by atoms with Crippen molar-refractivity contribution in [2.24, 2.45) is 0 Å². The number of phenols is 1. The van der Waals surface area contributed by atoms with Crippen molar-refractivity contribution in [3.05, 3.63) is 80.8 Å². The minimum absolute atomic E-state index is 0.0476. The molecule has 3 aromatic rings. The highest BCUT2D eigenvalue weighted by Crippen LogP contribution is 2.25. The zero-order valence-electron chi connectivity index (χ0n) is 15.6. The fourth-order valence-corrected chi connectivity index (χ4v) is 3.57. The van der Waals surface area contributed by atoms with Crippen LogP contribution >= 0.6 is 0 Å². The molecular formula is C22H23N3O2. The molecule has 0 spiro atoms. The lowest BCUT2D eigenvalue weighted by Crippen LogP contribution is -2.35. The van der Waals surface area contributed by atoms with Gasteiger partial charge in [-0.05, 0) is 25.8 Å². The summed E-state index contributed by atoms with van der Waals surface area (Å²) < 4.78 is 0. The van der Waals surface area contributed by atoms with Gasteiger partial charge in [-0.2, -0.15) is 0 Å². The van der Waals surface area contributed by atoms with Crippen LogP contribution in [0.5, 0.6) is 5.75 Å². The number of H-pyrrole nitrogens is 1. The number of nitrogens with zero attached hydrogens (tertiary/aromatic N) is 2. The number of aromatic nitrogens is 2. The topological polar surface area (TPSA) is 69.2 Å². The molecule has 0 bridgehead atoms. The fraction of sp³-hybridized carbons (Fsp3) is 0.273. The molecular weight excluding hydrogens is 338 g/mol. The Morgan fingerprint density at radius 2 is 1.93 bits per heavy atom. The van der Waals surface area contributed by atoms with Crippen LogP contribution in [0.3, 0.4) is 0 Å². The predicted octanol–water partition coefficient (Wildman–Crippen LogP) is 3.32. The van der Waals surface area contributed by atoms with E-state index in [1.807, 2.05) is 56.3 Å². The van der Waals surface area contributed by atoms with E-state index in [-0.39, 0.29) is 5.56 Å². The van der Waals surface area contributed by atoms with E-state index in [4.69, 9.17) is 4.98 Å². The molecule has 0 saturated carbocycles. The van der Waals surface area contributed by atoms with E-state index in [1.54, 1.807) is 0 Å². The molecule has 5 heteroatoms. The SMILES string of the molecule is Cc1ccc(-c2nc3c(c(=O)[nH]2)CCN(Cc2cccc(C)c2O)C3)cc1. The molecule has 1 aromatic heterocycles. The van der Waals surface area contributed by atoms with Gasteiger partial charge in [0.1, 0.15) is 11.6 Å².